The van der Waals surface area contributed by atoms with Crippen LogP contribution in [-0.2, 0) is 23.1 Å². The van der Waals surface area contributed by atoms with E-state index in [2.05, 4.69) is 15.3 Å². The van der Waals surface area contributed by atoms with Gasteiger partial charge >= 0.3 is 12.1 Å². The van der Waals surface area contributed by atoms with Crippen LogP contribution in [0, 0.1) is 18.8 Å². The summed E-state index contributed by atoms with van der Waals surface area (Å²) in [4.78, 5) is 23.5. The van der Waals surface area contributed by atoms with Gasteiger partial charge in [0.1, 0.15) is 17.2 Å². The van der Waals surface area contributed by atoms with Crippen LogP contribution >= 0.6 is 0 Å². The number of hydrogen-bond acceptors (Lipinski definition) is 6. The number of amides is 1. The lowest BCUT2D eigenvalue weighted by Crippen LogP contribution is -2.35. The average Bonchev–Trinajstić information content (AvgIpc) is 3.46. The van der Waals surface area contributed by atoms with Crippen molar-refractivity contribution in [2.75, 3.05) is 26.2 Å². The maximum Gasteiger partial charge on any atom is 0.490 e. The SMILES string of the molecule is Cc1ccc(CN2C[C@@H]3[C@H](CNC(=O)c4ccnn4C)CO[C@@H]3C2)o1.O=C(O)C(F)(F)F. The molecule has 2 aromatic rings. The minimum absolute atomic E-state index is 0.0793. The Bertz CT molecular complexity index is 942. The summed E-state index contributed by atoms with van der Waals surface area (Å²) in [6.45, 7) is 6.05. The molecule has 2 saturated heterocycles. The van der Waals surface area contributed by atoms with Crippen LogP contribution in [0.2, 0.25) is 0 Å². The van der Waals surface area contributed by atoms with Crippen molar-refractivity contribution < 1.29 is 37.0 Å². The second-order valence-corrected chi connectivity index (χ2v) is 7.86. The fourth-order valence-electron chi connectivity index (χ4n) is 3.92. The summed E-state index contributed by atoms with van der Waals surface area (Å²) >= 11 is 0. The first-order chi connectivity index (χ1) is 15.0. The van der Waals surface area contributed by atoms with Crippen LogP contribution in [0.15, 0.2) is 28.8 Å². The minimum atomic E-state index is -5.08. The van der Waals surface area contributed by atoms with Gasteiger partial charge in [-0.15, -0.1) is 0 Å². The molecule has 2 aliphatic heterocycles. The van der Waals surface area contributed by atoms with E-state index in [0.717, 1.165) is 31.2 Å². The molecule has 0 radical (unpaired) electrons. The Morgan fingerprint density at radius 3 is 2.56 bits per heavy atom. The summed E-state index contributed by atoms with van der Waals surface area (Å²) in [6, 6.07) is 5.77. The normalized spacial score (nSPS) is 22.8. The number of alkyl halides is 3. The Kier molecular flexibility index (Phi) is 7.24. The van der Waals surface area contributed by atoms with Crippen molar-refractivity contribution in [3.63, 3.8) is 0 Å². The Hall–Kier alpha value is -2.86. The highest BCUT2D eigenvalue weighted by Crippen LogP contribution is 2.34. The van der Waals surface area contributed by atoms with E-state index in [4.69, 9.17) is 19.1 Å². The predicted octanol–water partition coefficient (Wildman–Crippen LogP) is 1.83. The number of carbonyl (C=O) groups is 2. The first-order valence-electron chi connectivity index (χ1n) is 10.00. The van der Waals surface area contributed by atoms with Crippen molar-refractivity contribution in [2.24, 2.45) is 18.9 Å². The Morgan fingerprint density at radius 1 is 1.28 bits per heavy atom. The lowest BCUT2D eigenvalue weighted by atomic mass is 9.93. The summed E-state index contributed by atoms with van der Waals surface area (Å²) in [5.41, 5.74) is 0.580. The molecule has 1 amide bonds. The lowest BCUT2D eigenvalue weighted by Gasteiger charge is -2.19. The van der Waals surface area contributed by atoms with E-state index in [1.165, 1.54) is 0 Å². The molecule has 176 valence electrons. The molecule has 2 aromatic heterocycles. The highest BCUT2D eigenvalue weighted by molar-refractivity contribution is 5.92. The molecule has 0 spiro atoms. The maximum absolute atomic E-state index is 12.2. The number of carboxylic acids is 1. The highest BCUT2D eigenvalue weighted by atomic mass is 19.4. The second-order valence-electron chi connectivity index (χ2n) is 7.86. The molecule has 9 nitrogen and oxygen atoms in total. The number of aromatic nitrogens is 2. The van der Waals surface area contributed by atoms with Crippen LogP contribution in [0.1, 0.15) is 22.0 Å². The van der Waals surface area contributed by atoms with Crippen molar-refractivity contribution >= 4 is 11.9 Å². The number of fused-ring (bicyclic) bond motifs is 1. The van der Waals surface area contributed by atoms with Crippen molar-refractivity contribution in [3.8, 4) is 0 Å². The number of halogens is 3. The third-order valence-corrected chi connectivity index (χ3v) is 5.51. The van der Waals surface area contributed by atoms with Crippen LogP contribution in [0.3, 0.4) is 0 Å². The summed E-state index contributed by atoms with van der Waals surface area (Å²) in [6.07, 6.45) is -3.19. The maximum atomic E-state index is 12.2. The molecule has 3 atom stereocenters. The van der Waals surface area contributed by atoms with Crippen LogP contribution in [0.4, 0.5) is 13.2 Å². The van der Waals surface area contributed by atoms with Gasteiger partial charge in [-0.25, -0.2) is 4.79 Å². The number of likely N-dealkylation sites (tertiary alicyclic amines) is 1. The van der Waals surface area contributed by atoms with E-state index >= 15 is 0 Å². The quantitative estimate of drug-likeness (QED) is 0.704. The molecule has 0 bridgehead atoms. The topological polar surface area (TPSA) is 110 Å². The average molecular weight is 458 g/mol. The van der Waals surface area contributed by atoms with Gasteiger partial charge in [0, 0.05) is 44.7 Å². The summed E-state index contributed by atoms with van der Waals surface area (Å²) in [5.74, 6) is -0.0785. The number of ether oxygens (including phenoxy) is 1. The number of hydrogen-bond donors (Lipinski definition) is 2. The zero-order valence-electron chi connectivity index (χ0n) is 17.6. The molecule has 0 unspecified atom stereocenters. The number of rotatable bonds is 5. The van der Waals surface area contributed by atoms with E-state index in [1.54, 1.807) is 24.0 Å². The molecule has 4 heterocycles. The molecule has 2 aliphatic rings. The van der Waals surface area contributed by atoms with Gasteiger partial charge in [-0.3, -0.25) is 14.4 Å². The van der Waals surface area contributed by atoms with Crippen LogP contribution in [0.5, 0.6) is 0 Å². The van der Waals surface area contributed by atoms with Crippen LogP contribution in [-0.4, -0.2) is 70.2 Å². The summed E-state index contributed by atoms with van der Waals surface area (Å²) in [7, 11) is 1.77. The van der Waals surface area contributed by atoms with Gasteiger partial charge < -0.3 is 19.6 Å². The predicted molar refractivity (Wildman–Crippen MR) is 105 cm³/mol. The molecule has 0 aliphatic carbocycles. The molecule has 2 N–H and O–H groups in total. The monoisotopic (exact) mass is 458 g/mol. The van der Waals surface area contributed by atoms with Gasteiger partial charge in [0.15, 0.2) is 0 Å². The van der Waals surface area contributed by atoms with Gasteiger partial charge in [-0.2, -0.15) is 18.3 Å². The van der Waals surface area contributed by atoms with Crippen molar-refractivity contribution in [2.45, 2.75) is 25.7 Å². The smallest absolute Gasteiger partial charge is 0.475 e. The number of nitrogens with one attached hydrogen (secondary N) is 1. The van der Waals surface area contributed by atoms with E-state index in [0.29, 0.717) is 30.7 Å². The van der Waals surface area contributed by atoms with Crippen molar-refractivity contribution in [1.82, 2.24) is 20.0 Å². The first kappa shape index (κ1) is 23.8. The Labute approximate surface area is 182 Å². The van der Waals surface area contributed by atoms with Crippen LogP contribution in [0.25, 0.3) is 0 Å². The second kappa shape index (κ2) is 9.74. The van der Waals surface area contributed by atoms with Gasteiger partial charge in [-0.1, -0.05) is 0 Å². The Morgan fingerprint density at radius 2 is 2.00 bits per heavy atom. The van der Waals surface area contributed by atoms with E-state index in [9.17, 15) is 18.0 Å². The molecule has 0 saturated carbocycles. The van der Waals surface area contributed by atoms with E-state index in [1.807, 2.05) is 19.1 Å². The number of carboxylic acid groups (broad SMARTS) is 1. The lowest BCUT2D eigenvalue weighted by molar-refractivity contribution is -0.192. The zero-order valence-corrected chi connectivity index (χ0v) is 17.6. The van der Waals surface area contributed by atoms with Gasteiger partial charge in [0.25, 0.3) is 5.91 Å². The fraction of sp³-hybridized carbons (Fsp3) is 0.550. The first-order valence-corrected chi connectivity index (χ1v) is 10.00. The number of aryl methyl sites for hydroxylation is 2. The third kappa shape index (κ3) is 5.88. The highest BCUT2D eigenvalue weighted by Gasteiger charge is 2.43. The largest absolute Gasteiger partial charge is 0.490 e. The molecule has 0 aromatic carbocycles. The number of furan rings is 1. The Balaban J connectivity index is 0.000000360. The summed E-state index contributed by atoms with van der Waals surface area (Å²) < 4.78 is 45.0. The van der Waals surface area contributed by atoms with Gasteiger partial charge in [0.2, 0.25) is 0 Å². The third-order valence-electron chi connectivity index (χ3n) is 5.51. The van der Waals surface area contributed by atoms with Gasteiger partial charge in [-0.05, 0) is 25.1 Å². The van der Waals surface area contributed by atoms with Crippen molar-refractivity contribution in [3.05, 3.63) is 41.6 Å². The van der Waals surface area contributed by atoms with E-state index < -0.39 is 12.1 Å². The number of carbonyl (C=O) groups excluding carboxylic acids is 1. The molecule has 4 rings (SSSR count). The molecular weight excluding hydrogens is 433 g/mol. The zero-order chi connectivity index (χ0) is 23.5. The number of aliphatic carboxylic acids is 1. The van der Waals surface area contributed by atoms with E-state index in [-0.39, 0.29) is 12.0 Å². The van der Waals surface area contributed by atoms with Crippen LogP contribution < -0.4 is 5.32 Å². The minimum Gasteiger partial charge on any atom is -0.475 e. The summed E-state index contributed by atoms with van der Waals surface area (Å²) in [5, 5.41) is 14.2. The molecular formula is C20H25F3N4O5. The van der Waals surface area contributed by atoms with Crippen molar-refractivity contribution in [1.29, 1.82) is 0 Å². The standard InChI is InChI=1S/C18H24N4O3.C2HF3O2/c1-12-3-4-14(25-12)8-22-9-15-13(11-24-17(15)10-22)7-19-18(23)16-5-6-20-21(16)2;3-2(4,5)1(6)7/h3-6,13,15,17H,7-11H2,1-2H3,(H,19,23);(H,6,7)/t13-,15-,17-;/m1./s1. The van der Waals surface area contributed by atoms with Gasteiger partial charge in [0.05, 0.1) is 19.3 Å². The molecule has 32 heavy (non-hydrogen) atoms. The number of nitrogens with zero attached hydrogens (tertiary/aromatic N) is 3. The molecule has 2 fully saturated rings. The fourth-order valence-corrected chi connectivity index (χ4v) is 3.92. The molecule has 12 heteroatoms.